The van der Waals surface area contributed by atoms with Gasteiger partial charge in [-0.2, -0.15) is 0 Å². The van der Waals surface area contributed by atoms with Crippen molar-refractivity contribution in [3.8, 4) is 22.5 Å². The Hall–Kier alpha value is -3.31. The standard InChI is InChI=1S/C26H28N4S/c1-6-22(29-26(31)27-7-2)16-23-19(5)28-24(20-12-8-17(3)9-13-20)25(30-23)21-14-10-18(4)11-15-21/h6,8-16H,1,7H2,2-5H3,(H2,27,29,31)/b22-16+. The topological polar surface area (TPSA) is 49.8 Å². The van der Waals surface area contributed by atoms with Gasteiger partial charge in [0.15, 0.2) is 5.11 Å². The lowest BCUT2D eigenvalue weighted by Crippen LogP contribution is -2.33. The summed E-state index contributed by atoms with van der Waals surface area (Å²) < 4.78 is 0. The zero-order valence-corrected chi connectivity index (χ0v) is 19.3. The molecular formula is C26H28N4S. The number of nitrogens with zero attached hydrogens (tertiary/aromatic N) is 2. The smallest absolute Gasteiger partial charge is 0.170 e. The summed E-state index contributed by atoms with van der Waals surface area (Å²) in [6.45, 7) is 12.8. The molecule has 5 heteroatoms. The van der Waals surface area contributed by atoms with Gasteiger partial charge in [-0.3, -0.25) is 0 Å². The third kappa shape index (κ3) is 5.64. The average Bonchev–Trinajstić information content (AvgIpc) is 2.75. The van der Waals surface area contributed by atoms with Crippen molar-refractivity contribution < 1.29 is 0 Å². The molecule has 0 radical (unpaired) electrons. The Morgan fingerprint density at radius 2 is 1.42 bits per heavy atom. The zero-order valence-electron chi connectivity index (χ0n) is 18.5. The minimum absolute atomic E-state index is 0.550. The number of aryl methyl sites for hydroxylation is 3. The molecule has 0 aliphatic carbocycles. The van der Waals surface area contributed by atoms with Crippen LogP contribution in [-0.4, -0.2) is 21.6 Å². The summed E-state index contributed by atoms with van der Waals surface area (Å²) in [4.78, 5) is 9.98. The van der Waals surface area contributed by atoms with E-state index in [-0.39, 0.29) is 0 Å². The van der Waals surface area contributed by atoms with Crippen molar-refractivity contribution in [3.63, 3.8) is 0 Å². The maximum atomic E-state index is 5.31. The molecule has 0 aliphatic rings. The highest BCUT2D eigenvalue weighted by Gasteiger charge is 2.15. The zero-order chi connectivity index (χ0) is 22.4. The van der Waals surface area contributed by atoms with Crippen molar-refractivity contribution in [1.82, 2.24) is 20.6 Å². The maximum Gasteiger partial charge on any atom is 0.170 e. The Labute approximate surface area is 190 Å². The van der Waals surface area contributed by atoms with Gasteiger partial charge in [0.1, 0.15) is 0 Å². The number of rotatable bonds is 6. The lowest BCUT2D eigenvalue weighted by molar-refractivity contribution is 0.940. The van der Waals surface area contributed by atoms with Crippen LogP contribution in [0.1, 0.15) is 29.4 Å². The SMILES string of the molecule is C=C/C(=C\c1nc(-c2ccc(C)cc2)c(-c2ccc(C)cc2)nc1C)NC(=S)NCC. The molecule has 0 amide bonds. The summed E-state index contributed by atoms with van der Waals surface area (Å²) in [6.07, 6.45) is 3.65. The number of allylic oxidation sites excluding steroid dienone is 1. The van der Waals surface area contributed by atoms with E-state index in [1.165, 1.54) is 11.1 Å². The van der Waals surface area contributed by atoms with Gasteiger partial charge in [-0.25, -0.2) is 9.97 Å². The predicted octanol–water partition coefficient (Wildman–Crippen LogP) is 5.75. The number of hydrogen-bond acceptors (Lipinski definition) is 3. The number of hydrogen-bond donors (Lipinski definition) is 2. The van der Waals surface area contributed by atoms with Crippen LogP contribution in [0.4, 0.5) is 0 Å². The van der Waals surface area contributed by atoms with Gasteiger partial charge in [0, 0.05) is 23.4 Å². The normalized spacial score (nSPS) is 11.2. The van der Waals surface area contributed by atoms with Crippen LogP contribution in [0.25, 0.3) is 28.6 Å². The lowest BCUT2D eigenvalue weighted by atomic mass is 10.0. The Bertz CT molecular complexity index is 1110. The van der Waals surface area contributed by atoms with Gasteiger partial charge in [0.2, 0.25) is 0 Å². The summed E-state index contributed by atoms with van der Waals surface area (Å²) >= 11 is 5.31. The summed E-state index contributed by atoms with van der Waals surface area (Å²) in [7, 11) is 0. The van der Waals surface area contributed by atoms with Crippen molar-refractivity contribution >= 4 is 23.4 Å². The molecule has 0 unspecified atom stereocenters. The second kappa shape index (κ2) is 10.1. The average molecular weight is 429 g/mol. The summed E-state index contributed by atoms with van der Waals surface area (Å²) in [5.41, 5.74) is 8.57. The molecule has 2 N–H and O–H groups in total. The van der Waals surface area contributed by atoms with Crippen molar-refractivity contribution in [2.45, 2.75) is 27.7 Å². The Morgan fingerprint density at radius 3 is 1.90 bits per heavy atom. The molecule has 3 rings (SSSR count). The molecule has 4 nitrogen and oxygen atoms in total. The molecule has 3 aromatic rings. The fraction of sp³-hybridized carbons (Fsp3) is 0.192. The second-order valence-corrected chi connectivity index (χ2v) is 7.82. The monoisotopic (exact) mass is 428 g/mol. The minimum Gasteiger partial charge on any atom is -0.363 e. The van der Waals surface area contributed by atoms with Gasteiger partial charge in [-0.1, -0.05) is 66.2 Å². The Morgan fingerprint density at radius 1 is 0.903 bits per heavy atom. The number of nitrogens with one attached hydrogen (secondary N) is 2. The highest BCUT2D eigenvalue weighted by Crippen LogP contribution is 2.31. The van der Waals surface area contributed by atoms with E-state index in [2.05, 4.69) is 79.6 Å². The van der Waals surface area contributed by atoms with Crippen LogP contribution in [0.2, 0.25) is 0 Å². The minimum atomic E-state index is 0.550. The largest absolute Gasteiger partial charge is 0.363 e. The summed E-state index contributed by atoms with van der Waals surface area (Å²) in [5.74, 6) is 0. The van der Waals surface area contributed by atoms with E-state index in [1.54, 1.807) is 6.08 Å². The van der Waals surface area contributed by atoms with Gasteiger partial charge in [0.25, 0.3) is 0 Å². The maximum absolute atomic E-state index is 5.31. The summed E-state index contributed by atoms with van der Waals surface area (Å²) in [5, 5.41) is 6.79. The van der Waals surface area contributed by atoms with Crippen LogP contribution in [0.5, 0.6) is 0 Å². The van der Waals surface area contributed by atoms with Gasteiger partial charge < -0.3 is 10.6 Å². The molecule has 158 valence electrons. The first-order valence-corrected chi connectivity index (χ1v) is 10.7. The van der Waals surface area contributed by atoms with Crippen LogP contribution in [0.15, 0.2) is 66.9 Å². The van der Waals surface area contributed by atoms with Crippen LogP contribution < -0.4 is 10.6 Å². The number of benzene rings is 2. The molecule has 1 heterocycles. The first kappa shape index (κ1) is 22.4. The Balaban J connectivity index is 2.14. The first-order chi connectivity index (χ1) is 14.9. The van der Waals surface area contributed by atoms with Crippen LogP contribution in [0, 0.1) is 20.8 Å². The third-order valence-corrected chi connectivity index (χ3v) is 5.11. The van der Waals surface area contributed by atoms with Crippen molar-refractivity contribution in [1.29, 1.82) is 0 Å². The van der Waals surface area contributed by atoms with Gasteiger partial charge in [0.05, 0.1) is 22.8 Å². The van der Waals surface area contributed by atoms with E-state index >= 15 is 0 Å². The lowest BCUT2D eigenvalue weighted by Gasteiger charge is -2.14. The van der Waals surface area contributed by atoms with Crippen molar-refractivity contribution in [3.05, 3.63) is 89.4 Å². The molecule has 2 aromatic carbocycles. The molecule has 1 aromatic heterocycles. The molecular weight excluding hydrogens is 400 g/mol. The van der Waals surface area contributed by atoms with Crippen molar-refractivity contribution in [2.24, 2.45) is 0 Å². The van der Waals surface area contributed by atoms with Crippen LogP contribution in [-0.2, 0) is 0 Å². The van der Waals surface area contributed by atoms with Crippen LogP contribution >= 0.6 is 12.2 Å². The highest BCUT2D eigenvalue weighted by atomic mass is 32.1. The molecule has 0 bridgehead atoms. The Kier molecular flexibility index (Phi) is 7.32. The number of aromatic nitrogens is 2. The fourth-order valence-corrected chi connectivity index (χ4v) is 3.39. The van der Waals surface area contributed by atoms with E-state index in [9.17, 15) is 0 Å². The molecule has 31 heavy (non-hydrogen) atoms. The van der Waals surface area contributed by atoms with Gasteiger partial charge >= 0.3 is 0 Å². The van der Waals surface area contributed by atoms with E-state index in [0.29, 0.717) is 5.11 Å². The second-order valence-electron chi connectivity index (χ2n) is 7.41. The molecule has 0 fully saturated rings. The van der Waals surface area contributed by atoms with Crippen molar-refractivity contribution in [2.75, 3.05) is 6.54 Å². The molecule has 0 spiro atoms. The van der Waals surface area contributed by atoms with Gasteiger partial charge in [-0.05, 0) is 52.1 Å². The first-order valence-electron chi connectivity index (χ1n) is 10.3. The highest BCUT2D eigenvalue weighted by molar-refractivity contribution is 7.80. The molecule has 0 aliphatic heterocycles. The predicted molar refractivity (Wildman–Crippen MR) is 135 cm³/mol. The summed E-state index contributed by atoms with van der Waals surface area (Å²) in [6, 6.07) is 16.8. The molecule has 0 atom stereocenters. The molecule has 0 saturated carbocycles. The van der Waals surface area contributed by atoms with E-state index < -0.39 is 0 Å². The van der Waals surface area contributed by atoms with E-state index in [1.807, 2.05) is 19.9 Å². The quantitative estimate of drug-likeness (QED) is 0.387. The number of thiocarbonyl (C=S) groups is 1. The third-order valence-electron chi connectivity index (χ3n) is 4.86. The van der Waals surface area contributed by atoms with E-state index in [0.717, 1.165) is 46.1 Å². The van der Waals surface area contributed by atoms with E-state index in [4.69, 9.17) is 22.2 Å². The molecule has 0 saturated heterocycles. The van der Waals surface area contributed by atoms with Crippen LogP contribution in [0.3, 0.4) is 0 Å². The van der Waals surface area contributed by atoms with Gasteiger partial charge in [-0.15, -0.1) is 0 Å². The fourth-order valence-electron chi connectivity index (χ4n) is 3.12.